The molecule has 0 saturated heterocycles. The number of hydrogen-bond acceptors (Lipinski definition) is 5. The Labute approximate surface area is 99.1 Å². The Balaban J connectivity index is 2.91. The molecule has 0 N–H and O–H groups in total. The Bertz CT molecular complexity index is 440. The van der Waals surface area contributed by atoms with Gasteiger partial charge in [0.2, 0.25) is 0 Å². The lowest BCUT2D eigenvalue weighted by atomic mass is 10.2. The van der Waals surface area contributed by atoms with E-state index >= 15 is 0 Å². The van der Waals surface area contributed by atoms with E-state index < -0.39 is 11.9 Å². The van der Waals surface area contributed by atoms with Gasteiger partial charge in [0.15, 0.2) is 0 Å². The zero-order valence-electron chi connectivity index (χ0n) is 9.67. The first-order valence-corrected chi connectivity index (χ1v) is 5.07. The molecule has 0 heterocycles. The van der Waals surface area contributed by atoms with Crippen molar-refractivity contribution in [1.82, 2.24) is 0 Å². The van der Waals surface area contributed by atoms with Gasteiger partial charge in [-0.3, -0.25) is 0 Å². The Morgan fingerprint density at radius 2 is 2.06 bits per heavy atom. The maximum absolute atomic E-state index is 11.4. The third-order valence-electron chi connectivity index (χ3n) is 1.90. The number of rotatable bonds is 4. The molecule has 0 spiro atoms. The second-order valence-electron chi connectivity index (χ2n) is 3.02. The number of esters is 2. The largest absolute Gasteiger partial charge is 0.465 e. The Kier molecular flexibility index (Phi) is 4.87. The number of nitrogens with zero attached hydrogens (tertiary/aromatic N) is 1. The van der Waals surface area contributed by atoms with Gasteiger partial charge < -0.3 is 9.47 Å². The summed E-state index contributed by atoms with van der Waals surface area (Å²) >= 11 is 0. The monoisotopic (exact) mass is 235 g/mol. The third-order valence-corrected chi connectivity index (χ3v) is 1.90. The summed E-state index contributed by atoms with van der Waals surface area (Å²) in [4.78, 5) is 26.4. The molecule has 5 heteroatoms. The smallest absolute Gasteiger partial charge is 0.349 e. The van der Waals surface area contributed by atoms with Gasteiger partial charge in [0.25, 0.3) is 0 Å². The van der Waals surface area contributed by atoms with E-state index in [9.17, 15) is 9.59 Å². The number of carbonyl (C=O) groups is 2. The molecule has 1 aromatic carbocycles. The van der Waals surface area contributed by atoms with Crippen molar-refractivity contribution in [3.8, 4) is 0 Å². The molecule has 17 heavy (non-hydrogen) atoms. The minimum Gasteiger partial charge on any atom is -0.465 e. The molecule has 0 aliphatic carbocycles. The van der Waals surface area contributed by atoms with Crippen LogP contribution in [0.2, 0.25) is 0 Å². The van der Waals surface area contributed by atoms with Crippen LogP contribution < -0.4 is 0 Å². The first-order valence-electron chi connectivity index (χ1n) is 5.07. The predicted molar refractivity (Wildman–Crippen MR) is 62.6 cm³/mol. The van der Waals surface area contributed by atoms with Crippen molar-refractivity contribution in [1.29, 1.82) is 0 Å². The van der Waals surface area contributed by atoms with Crippen molar-refractivity contribution >= 4 is 23.8 Å². The molecule has 0 fully saturated rings. The molecule has 0 saturated carbocycles. The molecule has 0 aliphatic heterocycles. The van der Waals surface area contributed by atoms with Gasteiger partial charge in [-0.2, -0.15) is 0 Å². The van der Waals surface area contributed by atoms with Gasteiger partial charge >= 0.3 is 11.9 Å². The van der Waals surface area contributed by atoms with Crippen LogP contribution >= 0.6 is 0 Å². The topological polar surface area (TPSA) is 65.0 Å². The summed E-state index contributed by atoms with van der Waals surface area (Å²) in [6.45, 7) is 1.98. The van der Waals surface area contributed by atoms with Crippen LogP contribution in [0.4, 0.5) is 5.69 Å². The summed E-state index contributed by atoms with van der Waals surface area (Å²) in [6, 6.07) is 6.59. The standard InChI is InChI=1S/C12H13NO4/c1-3-17-11(14)8-13-10-7-5-4-6-9(10)12(15)16-2/h4-8H,3H2,1-2H3/b13-8+. The number of methoxy groups -OCH3 is 1. The predicted octanol–water partition coefficient (Wildman–Crippen LogP) is 1.74. The second-order valence-corrected chi connectivity index (χ2v) is 3.02. The Hall–Kier alpha value is -2.17. The molecule has 0 radical (unpaired) electrons. The average molecular weight is 235 g/mol. The molecule has 0 atom stereocenters. The molecular formula is C12H13NO4. The van der Waals surface area contributed by atoms with Crippen molar-refractivity contribution in [2.45, 2.75) is 6.92 Å². The van der Waals surface area contributed by atoms with Crippen molar-refractivity contribution in [2.24, 2.45) is 4.99 Å². The van der Waals surface area contributed by atoms with E-state index in [-0.39, 0.29) is 6.61 Å². The molecule has 1 rings (SSSR count). The molecule has 0 aliphatic rings. The second kappa shape index (κ2) is 6.42. The normalized spacial score (nSPS) is 10.2. The van der Waals surface area contributed by atoms with E-state index in [1.807, 2.05) is 0 Å². The fourth-order valence-corrected chi connectivity index (χ4v) is 1.17. The maximum atomic E-state index is 11.4. The summed E-state index contributed by atoms with van der Waals surface area (Å²) in [5.74, 6) is -1.05. The zero-order valence-corrected chi connectivity index (χ0v) is 9.67. The van der Waals surface area contributed by atoms with E-state index in [2.05, 4.69) is 14.5 Å². The molecule has 5 nitrogen and oxygen atoms in total. The van der Waals surface area contributed by atoms with Crippen LogP contribution in [0.3, 0.4) is 0 Å². The first-order chi connectivity index (χ1) is 8.19. The number of carbonyl (C=O) groups excluding carboxylic acids is 2. The van der Waals surface area contributed by atoms with E-state index in [1.54, 1.807) is 31.2 Å². The Morgan fingerprint density at radius 1 is 1.35 bits per heavy atom. The number of ether oxygens (including phenoxy) is 2. The Morgan fingerprint density at radius 3 is 2.71 bits per heavy atom. The SMILES string of the molecule is CCOC(=O)/C=N/c1ccccc1C(=O)OC. The molecule has 0 amide bonds. The lowest BCUT2D eigenvalue weighted by Crippen LogP contribution is -2.05. The number of benzene rings is 1. The molecule has 0 aromatic heterocycles. The lowest BCUT2D eigenvalue weighted by molar-refractivity contribution is -0.134. The summed E-state index contributed by atoms with van der Waals surface area (Å²) in [6.07, 6.45) is 1.03. The minimum atomic E-state index is -0.549. The van der Waals surface area contributed by atoms with Gasteiger partial charge in [-0.1, -0.05) is 12.1 Å². The fraction of sp³-hybridized carbons (Fsp3) is 0.250. The summed E-state index contributed by atoms with van der Waals surface area (Å²) in [7, 11) is 1.29. The van der Waals surface area contributed by atoms with Gasteiger partial charge in [-0.05, 0) is 19.1 Å². The average Bonchev–Trinajstić information content (AvgIpc) is 2.36. The highest BCUT2D eigenvalue weighted by Gasteiger charge is 2.09. The maximum Gasteiger partial charge on any atom is 0.349 e. The molecule has 0 unspecified atom stereocenters. The fourth-order valence-electron chi connectivity index (χ4n) is 1.17. The molecule has 90 valence electrons. The van der Waals surface area contributed by atoms with Crippen LogP contribution in [0.15, 0.2) is 29.3 Å². The van der Waals surface area contributed by atoms with Crippen molar-refractivity contribution in [2.75, 3.05) is 13.7 Å². The van der Waals surface area contributed by atoms with Crippen LogP contribution in [0.1, 0.15) is 17.3 Å². The van der Waals surface area contributed by atoms with E-state index in [4.69, 9.17) is 0 Å². The highest BCUT2D eigenvalue weighted by molar-refractivity contribution is 6.24. The van der Waals surface area contributed by atoms with Crippen LogP contribution in [0.25, 0.3) is 0 Å². The first kappa shape index (κ1) is 12.9. The zero-order chi connectivity index (χ0) is 12.7. The molecular weight excluding hydrogens is 222 g/mol. The van der Waals surface area contributed by atoms with Gasteiger partial charge in [0.1, 0.15) is 6.21 Å². The van der Waals surface area contributed by atoms with Gasteiger partial charge in [0, 0.05) is 0 Å². The van der Waals surface area contributed by atoms with Crippen molar-refractivity contribution in [3.05, 3.63) is 29.8 Å². The highest BCUT2D eigenvalue weighted by atomic mass is 16.5. The van der Waals surface area contributed by atoms with E-state index in [0.717, 1.165) is 6.21 Å². The van der Waals surface area contributed by atoms with Crippen molar-refractivity contribution < 1.29 is 19.1 Å². The van der Waals surface area contributed by atoms with Gasteiger partial charge in [0.05, 0.1) is 25.0 Å². The molecule has 0 bridgehead atoms. The van der Waals surface area contributed by atoms with Crippen molar-refractivity contribution in [3.63, 3.8) is 0 Å². The number of aliphatic imine (C=N–C) groups is 1. The van der Waals surface area contributed by atoms with E-state index in [0.29, 0.717) is 11.3 Å². The summed E-state index contributed by atoms with van der Waals surface area (Å²) in [5.41, 5.74) is 0.669. The summed E-state index contributed by atoms with van der Waals surface area (Å²) < 4.78 is 9.29. The lowest BCUT2D eigenvalue weighted by Gasteiger charge is -2.02. The molecule has 1 aromatic rings. The quantitative estimate of drug-likeness (QED) is 0.589. The van der Waals surface area contributed by atoms with Crippen LogP contribution in [0, 0.1) is 0 Å². The van der Waals surface area contributed by atoms with Gasteiger partial charge in [-0.25, -0.2) is 14.6 Å². The number of para-hydroxylation sites is 1. The van der Waals surface area contributed by atoms with Crippen LogP contribution in [-0.2, 0) is 14.3 Å². The third kappa shape index (κ3) is 3.71. The van der Waals surface area contributed by atoms with E-state index in [1.165, 1.54) is 7.11 Å². The van der Waals surface area contributed by atoms with Gasteiger partial charge in [-0.15, -0.1) is 0 Å². The highest BCUT2D eigenvalue weighted by Crippen LogP contribution is 2.18. The summed E-state index contributed by atoms with van der Waals surface area (Å²) in [5, 5.41) is 0. The number of hydrogen-bond donors (Lipinski definition) is 0. The minimum absolute atomic E-state index is 0.281. The van der Waals surface area contributed by atoms with Crippen LogP contribution in [-0.4, -0.2) is 31.9 Å². The van der Waals surface area contributed by atoms with Crippen LogP contribution in [0.5, 0.6) is 0 Å².